The zero-order valence-electron chi connectivity index (χ0n) is 36.9. The van der Waals surface area contributed by atoms with Crippen LogP contribution in [-0.2, 0) is 13.0 Å². The molecule has 310 valence electrons. The SMILES string of the molecule is CC(C)(C(=O)c1ccc(OCCC[Si](C)(C)O[Si](C)(C)C)cc1)N1CCOCC1.CC(C)(C(=O)c1ccc(O[Si](C)(C)O[Si](C)(C)C)cc1)N1CCCCC1. The molecule has 2 aromatic rings. The summed E-state index contributed by atoms with van der Waals surface area (Å²) in [7, 11) is -6.96. The first kappa shape index (κ1) is 47.4. The van der Waals surface area contributed by atoms with E-state index in [1.165, 1.54) is 19.3 Å². The van der Waals surface area contributed by atoms with Crippen LogP contribution in [0.4, 0.5) is 0 Å². The molecule has 0 spiro atoms. The second-order valence-corrected chi connectivity index (χ2v) is 36.2. The van der Waals surface area contributed by atoms with Crippen LogP contribution in [0.5, 0.6) is 11.5 Å². The van der Waals surface area contributed by atoms with Crippen molar-refractivity contribution >= 4 is 45.1 Å². The van der Waals surface area contributed by atoms with Crippen LogP contribution in [0.2, 0.25) is 71.5 Å². The Balaban J connectivity index is 0.000000297. The third-order valence-electron chi connectivity index (χ3n) is 9.98. The van der Waals surface area contributed by atoms with Gasteiger partial charge in [0.25, 0.3) is 0 Å². The van der Waals surface area contributed by atoms with E-state index in [1.807, 2.05) is 76.2 Å². The largest absolute Gasteiger partial charge is 0.521 e. The number of benzene rings is 2. The summed E-state index contributed by atoms with van der Waals surface area (Å²) >= 11 is 0. The van der Waals surface area contributed by atoms with Gasteiger partial charge in [-0.25, -0.2) is 0 Å². The molecule has 2 heterocycles. The summed E-state index contributed by atoms with van der Waals surface area (Å²) in [6, 6.07) is 16.3. The van der Waals surface area contributed by atoms with Crippen LogP contribution < -0.4 is 9.16 Å². The summed E-state index contributed by atoms with van der Waals surface area (Å²) in [5.74, 6) is 1.92. The number of ketones is 2. The van der Waals surface area contributed by atoms with Crippen molar-refractivity contribution < 1.29 is 31.7 Å². The molecule has 2 aliphatic heterocycles. The van der Waals surface area contributed by atoms with Gasteiger partial charge in [-0.05, 0) is 180 Å². The maximum absolute atomic E-state index is 13.1. The second-order valence-electron chi connectivity index (χ2n) is 19.1. The lowest BCUT2D eigenvalue weighted by Gasteiger charge is -2.39. The predicted octanol–water partition coefficient (Wildman–Crippen LogP) is 9.87. The fourth-order valence-electron chi connectivity index (χ4n) is 7.56. The van der Waals surface area contributed by atoms with Gasteiger partial charge >= 0.3 is 8.56 Å². The van der Waals surface area contributed by atoms with E-state index < -0.39 is 44.6 Å². The average Bonchev–Trinajstić information content (AvgIpc) is 3.09. The summed E-state index contributed by atoms with van der Waals surface area (Å²) in [5, 5.41) is 0. The van der Waals surface area contributed by atoms with Crippen molar-refractivity contribution in [1.29, 1.82) is 0 Å². The number of nitrogens with zero attached hydrogens (tertiary/aromatic N) is 2. The normalized spacial score (nSPS) is 16.9. The van der Waals surface area contributed by atoms with Crippen LogP contribution in [-0.4, -0.2) is 112 Å². The van der Waals surface area contributed by atoms with Gasteiger partial charge in [0, 0.05) is 24.2 Å². The number of Topliss-reactive ketones (excluding diaryl/α,β-unsaturated/α-hetero) is 2. The smallest absolute Gasteiger partial charge is 0.382 e. The number of rotatable bonds is 17. The molecular weight excluding hydrogens is 757 g/mol. The molecule has 55 heavy (non-hydrogen) atoms. The molecule has 0 N–H and O–H groups in total. The van der Waals surface area contributed by atoms with Crippen LogP contribution in [0, 0.1) is 0 Å². The van der Waals surface area contributed by atoms with Gasteiger partial charge < -0.3 is 22.1 Å². The van der Waals surface area contributed by atoms with Crippen LogP contribution in [0.15, 0.2) is 48.5 Å². The molecule has 0 atom stereocenters. The molecule has 0 saturated carbocycles. The van der Waals surface area contributed by atoms with E-state index in [1.54, 1.807) is 0 Å². The molecule has 0 aliphatic carbocycles. The lowest BCUT2D eigenvalue weighted by Crippen LogP contribution is -2.54. The Morgan fingerprint density at radius 2 is 1.05 bits per heavy atom. The number of hydrogen-bond acceptors (Lipinski definition) is 9. The molecule has 2 aromatic carbocycles. The molecule has 2 saturated heterocycles. The number of carbonyl (C=O) groups excluding carboxylic acids is 2. The lowest BCUT2D eigenvalue weighted by atomic mass is 9.89. The minimum Gasteiger partial charge on any atom is -0.521 e. The van der Waals surface area contributed by atoms with Gasteiger partial charge in [0.05, 0.1) is 30.9 Å². The molecule has 0 unspecified atom stereocenters. The standard InChI is InChI=1S/C22H39NO4Si2.C20H35NO3Si2/c1-22(2,23-13-16-25-17-14-23)21(24)19-9-11-20(12-10-19)26-15-8-18-29(6,7)27-28(3,4)5;1-20(2,21-15-9-8-10-16-21)19(22)17-11-13-18(14-12-17)23-26(6,7)24-25(3,4)5/h9-12H,8,13-18H2,1-7H3;11-14H,8-10,15-16H2,1-7H3. The fraction of sp³-hybridized carbons (Fsp3) is 0.667. The van der Waals surface area contributed by atoms with Crippen LogP contribution in [0.25, 0.3) is 0 Å². The Labute approximate surface area is 338 Å². The van der Waals surface area contributed by atoms with Crippen molar-refractivity contribution in [3.63, 3.8) is 0 Å². The first-order chi connectivity index (χ1) is 25.3. The highest BCUT2D eigenvalue weighted by atomic mass is 28.4. The number of likely N-dealkylation sites (tertiary alicyclic amines) is 1. The van der Waals surface area contributed by atoms with E-state index in [0.717, 1.165) is 61.3 Å². The Morgan fingerprint density at radius 1 is 0.618 bits per heavy atom. The highest BCUT2D eigenvalue weighted by Crippen LogP contribution is 2.28. The molecule has 0 aromatic heterocycles. The molecule has 2 fully saturated rings. The lowest BCUT2D eigenvalue weighted by molar-refractivity contribution is -0.00430. The summed E-state index contributed by atoms with van der Waals surface area (Å²) in [6.07, 6.45) is 4.63. The summed E-state index contributed by atoms with van der Waals surface area (Å²) < 4.78 is 30.1. The molecule has 0 radical (unpaired) electrons. The Morgan fingerprint density at radius 3 is 1.51 bits per heavy atom. The Hall–Kier alpha value is -1.95. The van der Waals surface area contributed by atoms with Crippen molar-refractivity contribution in [2.24, 2.45) is 0 Å². The minimum atomic E-state index is -2.22. The molecular formula is C42H74N2O7Si4. The van der Waals surface area contributed by atoms with Gasteiger partial charge in [-0.1, -0.05) is 6.42 Å². The number of carbonyl (C=O) groups is 2. The Bertz CT molecular complexity index is 1510. The van der Waals surface area contributed by atoms with E-state index >= 15 is 0 Å². The number of ether oxygens (including phenoxy) is 2. The zero-order valence-corrected chi connectivity index (χ0v) is 40.9. The van der Waals surface area contributed by atoms with E-state index in [4.69, 9.17) is 22.1 Å². The molecule has 9 nitrogen and oxygen atoms in total. The summed E-state index contributed by atoms with van der Waals surface area (Å²) in [4.78, 5) is 30.6. The number of piperidine rings is 1. The second kappa shape index (κ2) is 19.7. The van der Waals surface area contributed by atoms with Gasteiger partial charge in [0.2, 0.25) is 0 Å². The third kappa shape index (κ3) is 15.7. The Kier molecular flexibility index (Phi) is 17.0. The van der Waals surface area contributed by atoms with Crippen molar-refractivity contribution in [3.8, 4) is 11.5 Å². The van der Waals surface area contributed by atoms with Crippen LogP contribution in [0.3, 0.4) is 0 Å². The summed E-state index contributed by atoms with van der Waals surface area (Å²) in [6.45, 7) is 35.8. The fourth-order valence-corrected chi connectivity index (χ4v) is 22.4. The maximum atomic E-state index is 13.1. The third-order valence-corrected chi connectivity index (χ3v) is 21.3. The summed E-state index contributed by atoms with van der Waals surface area (Å²) in [5.41, 5.74) is 0.487. The zero-order chi connectivity index (χ0) is 41.3. The monoisotopic (exact) mass is 830 g/mol. The van der Waals surface area contributed by atoms with Gasteiger partial charge in [0.1, 0.15) is 11.5 Å². The quantitative estimate of drug-likeness (QED) is 0.0879. The van der Waals surface area contributed by atoms with Gasteiger partial charge in [-0.15, -0.1) is 0 Å². The van der Waals surface area contributed by atoms with E-state index in [0.29, 0.717) is 19.8 Å². The van der Waals surface area contributed by atoms with E-state index in [9.17, 15) is 9.59 Å². The highest BCUT2D eigenvalue weighted by molar-refractivity contribution is 6.84. The minimum absolute atomic E-state index is 0.141. The van der Waals surface area contributed by atoms with Gasteiger partial charge in [0.15, 0.2) is 36.5 Å². The maximum Gasteiger partial charge on any atom is 0.382 e. The number of hydrogen-bond donors (Lipinski definition) is 0. The highest BCUT2D eigenvalue weighted by Gasteiger charge is 2.38. The van der Waals surface area contributed by atoms with E-state index in [2.05, 4.69) is 75.3 Å². The number of morpholine rings is 1. The molecule has 0 bridgehead atoms. The first-order valence-electron chi connectivity index (χ1n) is 20.4. The van der Waals surface area contributed by atoms with Crippen LogP contribution >= 0.6 is 0 Å². The van der Waals surface area contributed by atoms with Crippen molar-refractivity contribution in [2.45, 2.75) is 136 Å². The predicted molar refractivity (Wildman–Crippen MR) is 237 cm³/mol. The van der Waals surface area contributed by atoms with E-state index in [-0.39, 0.29) is 11.6 Å². The molecule has 0 amide bonds. The van der Waals surface area contributed by atoms with Gasteiger partial charge in [-0.2, -0.15) is 0 Å². The van der Waals surface area contributed by atoms with Crippen molar-refractivity contribution in [3.05, 3.63) is 59.7 Å². The van der Waals surface area contributed by atoms with Crippen molar-refractivity contribution in [2.75, 3.05) is 46.0 Å². The molecule has 2 aliphatic rings. The average molecular weight is 831 g/mol. The van der Waals surface area contributed by atoms with Crippen LogP contribution in [0.1, 0.15) is 74.1 Å². The van der Waals surface area contributed by atoms with Crippen molar-refractivity contribution in [1.82, 2.24) is 9.80 Å². The molecule has 4 rings (SSSR count). The molecule has 13 heteroatoms. The first-order valence-corrected chi connectivity index (χ1v) is 33.2. The topological polar surface area (TPSA) is 86.8 Å². The van der Waals surface area contributed by atoms with Gasteiger partial charge in [-0.3, -0.25) is 19.4 Å².